The van der Waals surface area contributed by atoms with E-state index in [0.29, 0.717) is 11.3 Å². The number of rotatable bonds is 3. The van der Waals surface area contributed by atoms with Crippen molar-refractivity contribution in [3.05, 3.63) is 58.9 Å². The summed E-state index contributed by atoms with van der Waals surface area (Å²) in [5.74, 6) is 0.838. The fourth-order valence-corrected chi connectivity index (χ4v) is 2.22. The van der Waals surface area contributed by atoms with E-state index in [1.807, 2.05) is 25.1 Å². The predicted molar refractivity (Wildman–Crippen MR) is 82.3 cm³/mol. The molecule has 0 spiro atoms. The van der Waals surface area contributed by atoms with E-state index in [1.165, 1.54) is 12.1 Å². The van der Waals surface area contributed by atoms with Crippen LogP contribution in [0.25, 0.3) is 0 Å². The van der Waals surface area contributed by atoms with Gasteiger partial charge in [0, 0.05) is 11.1 Å². The molecule has 0 saturated heterocycles. The molecule has 0 amide bonds. The summed E-state index contributed by atoms with van der Waals surface area (Å²) in [6.07, 6.45) is 0. The monoisotopic (exact) mass is 288 g/mol. The number of hydrogen-bond donors (Lipinski definition) is 1. The largest absolute Gasteiger partial charge is 0.457 e. The minimum atomic E-state index is -0.383. The molecule has 0 aromatic heterocycles. The first-order valence-corrected chi connectivity index (χ1v) is 6.99. The summed E-state index contributed by atoms with van der Waals surface area (Å²) in [4.78, 5) is 0. The van der Waals surface area contributed by atoms with Gasteiger partial charge in [0.25, 0.3) is 0 Å². The van der Waals surface area contributed by atoms with Crippen LogP contribution in [0, 0.1) is 12.7 Å². The summed E-state index contributed by atoms with van der Waals surface area (Å²) >= 11 is 0. The number of aliphatic hydroxyl groups is 1. The molecule has 2 rings (SSSR count). The van der Waals surface area contributed by atoms with E-state index >= 15 is 0 Å². The van der Waals surface area contributed by atoms with Gasteiger partial charge < -0.3 is 9.84 Å². The van der Waals surface area contributed by atoms with Crippen LogP contribution in [0.2, 0.25) is 0 Å². The molecule has 0 radical (unpaired) electrons. The maximum absolute atomic E-state index is 13.2. The standard InChI is InChI=1S/C18H21FO2/c1-12-5-7-15(18(2,3)4)17(9-12)21-16-8-6-14(19)10-13(16)11-20/h5-10,20H,11H2,1-4H3. The van der Waals surface area contributed by atoms with E-state index in [0.717, 1.165) is 16.9 Å². The topological polar surface area (TPSA) is 29.5 Å². The van der Waals surface area contributed by atoms with Crippen LogP contribution in [-0.2, 0) is 12.0 Å². The number of ether oxygens (including phenoxy) is 1. The first-order chi connectivity index (χ1) is 9.81. The van der Waals surface area contributed by atoms with E-state index in [2.05, 4.69) is 20.8 Å². The molecule has 0 saturated carbocycles. The SMILES string of the molecule is Cc1ccc(C(C)(C)C)c(Oc2ccc(F)cc2CO)c1. The van der Waals surface area contributed by atoms with Crippen molar-refractivity contribution in [2.45, 2.75) is 39.7 Å². The van der Waals surface area contributed by atoms with Crippen molar-refractivity contribution in [1.82, 2.24) is 0 Å². The van der Waals surface area contributed by atoms with Gasteiger partial charge in [-0.25, -0.2) is 4.39 Å². The first kappa shape index (κ1) is 15.5. The van der Waals surface area contributed by atoms with Crippen molar-refractivity contribution in [3.8, 4) is 11.5 Å². The van der Waals surface area contributed by atoms with Crippen molar-refractivity contribution in [2.75, 3.05) is 0 Å². The molecule has 2 aromatic rings. The molecular formula is C18H21FO2. The Balaban J connectivity index is 2.46. The van der Waals surface area contributed by atoms with E-state index < -0.39 is 0 Å². The second-order valence-corrected chi connectivity index (χ2v) is 6.26. The van der Waals surface area contributed by atoms with Gasteiger partial charge in [-0.2, -0.15) is 0 Å². The Morgan fingerprint density at radius 2 is 1.76 bits per heavy atom. The Labute approximate surface area is 125 Å². The Morgan fingerprint density at radius 1 is 1.05 bits per heavy atom. The van der Waals surface area contributed by atoms with Crippen molar-refractivity contribution >= 4 is 0 Å². The summed E-state index contributed by atoms with van der Waals surface area (Å²) in [5.41, 5.74) is 2.53. The van der Waals surface area contributed by atoms with Gasteiger partial charge in [-0.1, -0.05) is 32.9 Å². The van der Waals surface area contributed by atoms with Crippen molar-refractivity contribution in [1.29, 1.82) is 0 Å². The van der Waals surface area contributed by atoms with Gasteiger partial charge in [0.2, 0.25) is 0 Å². The smallest absolute Gasteiger partial charge is 0.133 e. The fourth-order valence-electron chi connectivity index (χ4n) is 2.22. The van der Waals surface area contributed by atoms with E-state index in [-0.39, 0.29) is 17.8 Å². The molecular weight excluding hydrogens is 267 g/mol. The Hall–Kier alpha value is -1.87. The molecule has 112 valence electrons. The van der Waals surface area contributed by atoms with Crippen molar-refractivity contribution < 1.29 is 14.2 Å². The molecule has 0 bridgehead atoms. The minimum absolute atomic E-state index is 0.0670. The lowest BCUT2D eigenvalue weighted by atomic mass is 9.86. The van der Waals surface area contributed by atoms with Gasteiger partial charge in [-0.05, 0) is 42.2 Å². The van der Waals surface area contributed by atoms with Gasteiger partial charge in [0.15, 0.2) is 0 Å². The minimum Gasteiger partial charge on any atom is -0.457 e. The highest BCUT2D eigenvalue weighted by molar-refractivity contribution is 5.45. The Morgan fingerprint density at radius 3 is 2.38 bits per heavy atom. The van der Waals surface area contributed by atoms with Crippen LogP contribution in [-0.4, -0.2) is 5.11 Å². The van der Waals surface area contributed by atoms with Crippen LogP contribution in [0.4, 0.5) is 4.39 Å². The Bertz CT molecular complexity index is 642. The highest BCUT2D eigenvalue weighted by Crippen LogP contribution is 2.36. The highest BCUT2D eigenvalue weighted by Gasteiger charge is 2.20. The summed E-state index contributed by atoms with van der Waals surface area (Å²) in [5, 5.41) is 9.36. The van der Waals surface area contributed by atoms with Crippen LogP contribution < -0.4 is 4.74 Å². The average molecular weight is 288 g/mol. The summed E-state index contributed by atoms with van der Waals surface area (Å²) in [6, 6.07) is 10.2. The van der Waals surface area contributed by atoms with Crippen LogP contribution in [0.1, 0.15) is 37.5 Å². The average Bonchev–Trinajstić information content (AvgIpc) is 2.39. The van der Waals surface area contributed by atoms with Crippen LogP contribution >= 0.6 is 0 Å². The van der Waals surface area contributed by atoms with Gasteiger partial charge in [-0.15, -0.1) is 0 Å². The summed E-state index contributed by atoms with van der Waals surface area (Å²) in [7, 11) is 0. The number of halogens is 1. The molecule has 0 aliphatic heterocycles. The summed E-state index contributed by atoms with van der Waals surface area (Å²) < 4.78 is 19.2. The predicted octanol–water partition coefficient (Wildman–Crippen LogP) is 4.72. The zero-order chi connectivity index (χ0) is 15.6. The molecule has 0 aliphatic carbocycles. The maximum atomic E-state index is 13.2. The number of hydrogen-bond acceptors (Lipinski definition) is 2. The number of benzene rings is 2. The second-order valence-electron chi connectivity index (χ2n) is 6.26. The quantitative estimate of drug-likeness (QED) is 0.885. The first-order valence-electron chi connectivity index (χ1n) is 6.99. The molecule has 0 fully saturated rings. The second kappa shape index (κ2) is 5.86. The normalized spacial score (nSPS) is 11.5. The molecule has 21 heavy (non-hydrogen) atoms. The van der Waals surface area contributed by atoms with Gasteiger partial charge in [-0.3, -0.25) is 0 Å². The van der Waals surface area contributed by atoms with Crippen molar-refractivity contribution in [2.24, 2.45) is 0 Å². The number of aryl methyl sites for hydroxylation is 1. The third-order valence-corrected chi connectivity index (χ3v) is 3.36. The zero-order valence-corrected chi connectivity index (χ0v) is 12.9. The molecule has 0 heterocycles. The lowest BCUT2D eigenvalue weighted by molar-refractivity contribution is 0.275. The number of aliphatic hydroxyl groups excluding tert-OH is 1. The molecule has 0 aliphatic rings. The van der Waals surface area contributed by atoms with Gasteiger partial charge in [0.1, 0.15) is 17.3 Å². The third kappa shape index (κ3) is 3.61. The zero-order valence-electron chi connectivity index (χ0n) is 12.9. The van der Waals surface area contributed by atoms with Crippen LogP contribution in [0.3, 0.4) is 0 Å². The maximum Gasteiger partial charge on any atom is 0.133 e. The summed E-state index contributed by atoms with van der Waals surface area (Å²) in [6.45, 7) is 8.08. The molecule has 2 nitrogen and oxygen atoms in total. The van der Waals surface area contributed by atoms with Gasteiger partial charge >= 0.3 is 0 Å². The van der Waals surface area contributed by atoms with E-state index in [4.69, 9.17) is 4.74 Å². The molecule has 2 aromatic carbocycles. The van der Waals surface area contributed by atoms with Crippen LogP contribution in [0.5, 0.6) is 11.5 Å². The van der Waals surface area contributed by atoms with Crippen molar-refractivity contribution in [3.63, 3.8) is 0 Å². The van der Waals surface area contributed by atoms with E-state index in [1.54, 1.807) is 6.07 Å². The molecule has 0 atom stereocenters. The van der Waals surface area contributed by atoms with E-state index in [9.17, 15) is 9.50 Å². The third-order valence-electron chi connectivity index (χ3n) is 3.36. The van der Waals surface area contributed by atoms with Crippen LogP contribution in [0.15, 0.2) is 36.4 Å². The molecule has 1 N–H and O–H groups in total. The molecule has 3 heteroatoms. The van der Waals surface area contributed by atoms with Gasteiger partial charge in [0.05, 0.1) is 6.61 Å². The lowest BCUT2D eigenvalue weighted by Crippen LogP contribution is -2.12. The lowest BCUT2D eigenvalue weighted by Gasteiger charge is -2.23. The fraction of sp³-hybridized carbons (Fsp3) is 0.333. The Kier molecular flexibility index (Phi) is 4.33. The highest BCUT2D eigenvalue weighted by atomic mass is 19.1. The molecule has 0 unspecified atom stereocenters.